The number of benzene rings is 1. The summed E-state index contributed by atoms with van der Waals surface area (Å²) in [7, 11) is 3.80. The summed E-state index contributed by atoms with van der Waals surface area (Å²) in [5.41, 5.74) is 0.635. The molecule has 5 nitrogen and oxygen atoms in total. The number of phenolic OH excluding ortho intramolecular Hbond substituents is 1. The second-order valence-electron chi connectivity index (χ2n) is 4.69. The van der Waals surface area contributed by atoms with Gasteiger partial charge in [0, 0.05) is 19.6 Å². The van der Waals surface area contributed by atoms with Gasteiger partial charge in [0.15, 0.2) is 11.6 Å². The molecule has 0 fully saturated rings. The van der Waals surface area contributed by atoms with Gasteiger partial charge in [-0.05, 0) is 31.8 Å². The Bertz CT molecular complexity index is 438. The number of carboxylic acid groups (broad SMARTS) is 1. The van der Waals surface area contributed by atoms with Gasteiger partial charge in [-0.25, -0.2) is 4.39 Å². The van der Waals surface area contributed by atoms with Gasteiger partial charge in [-0.1, -0.05) is 6.07 Å². The van der Waals surface area contributed by atoms with E-state index < -0.39 is 17.5 Å². The van der Waals surface area contributed by atoms with E-state index >= 15 is 0 Å². The van der Waals surface area contributed by atoms with Crippen LogP contribution in [-0.4, -0.2) is 59.7 Å². The molecule has 0 aromatic heterocycles. The van der Waals surface area contributed by atoms with E-state index in [2.05, 4.69) is 0 Å². The lowest BCUT2D eigenvalue weighted by atomic mass is 10.2. The minimum atomic E-state index is -0.919. The van der Waals surface area contributed by atoms with E-state index in [4.69, 9.17) is 10.2 Å². The molecule has 0 amide bonds. The van der Waals surface area contributed by atoms with Gasteiger partial charge in [0.1, 0.15) is 0 Å². The van der Waals surface area contributed by atoms with Crippen molar-refractivity contribution in [1.29, 1.82) is 0 Å². The number of carbonyl (C=O) groups is 1. The number of halogens is 1. The molecule has 106 valence electrons. The molecule has 0 saturated heterocycles. The number of hydrogen-bond donors (Lipinski definition) is 2. The van der Waals surface area contributed by atoms with Gasteiger partial charge in [-0.3, -0.25) is 9.69 Å². The lowest BCUT2D eigenvalue weighted by molar-refractivity contribution is -0.138. The molecule has 0 spiro atoms. The highest BCUT2D eigenvalue weighted by Gasteiger charge is 2.12. The summed E-state index contributed by atoms with van der Waals surface area (Å²) in [6.07, 6.45) is 0. The van der Waals surface area contributed by atoms with Crippen molar-refractivity contribution in [3.05, 3.63) is 29.6 Å². The molecule has 0 aliphatic heterocycles. The topological polar surface area (TPSA) is 64.0 Å². The van der Waals surface area contributed by atoms with Crippen LogP contribution in [0, 0.1) is 5.82 Å². The summed E-state index contributed by atoms with van der Waals surface area (Å²) in [6.45, 7) is 1.52. The number of aromatic hydroxyl groups is 1. The molecule has 0 heterocycles. The van der Waals surface area contributed by atoms with Gasteiger partial charge in [-0.15, -0.1) is 0 Å². The van der Waals surface area contributed by atoms with Crippen LogP contribution < -0.4 is 0 Å². The second-order valence-corrected chi connectivity index (χ2v) is 4.69. The van der Waals surface area contributed by atoms with Gasteiger partial charge >= 0.3 is 5.97 Å². The van der Waals surface area contributed by atoms with E-state index in [0.717, 1.165) is 0 Å². The first kappa shape index (κ1) is 15.4. The van der Waals surface area contributed by atoms with Crippen LogP contribution in [0.4, 0.5) is 4.39 Å². The Kier molecular flexibility index (Phi) is 5.72. The summed E-state index contributed by atoms with van der Waals surface area (Å²) in [4.78, 5) is 14.5. The molecule has 1 aromatic rings. The Balaban J connectivity index is 2.69. The number of likely N-dealkylation sites (N-methyl/N-ethyl adjacent to an activating group) is 1. The maximum Gasteiger partial charge on any atom is 0.317 e. The fourth-order valence-electron chi connectivity index (χ4n) is 1.65. The third-order valence-electron chi connectivity index (χ3n) is 2.64. The Hall–Kier alpha value is -1.66. The number of phenols is 1. The molecular weight excluding hydrogens is 251 g/mol. The summed E-state index contributed by atoms with van der Waals surface area (Å²) in [5.74, 6) is -2.01. The average Bonchev–Trinajstić information content (AvgIpc) is 2.30. The molecule has 1 aromatic carbocycles. The number of rotatable bonds is 7. The molecule has 0 radical (unpaired) electrons. The summed E-state index contributed by atoms with van der Waals surface area (Å²) in [6, 6.07) is 4.08. The van der Waals surface area contributed by atoms with Crippen LogP contribution in [-0.2, 0) is 11.3 Å². The fraction of sp³-hybridized carbons (Fsp3) is 0.462. The van der Waals surface area contributed by atoms with Crippen molar-refractivity contribution in [1.82, 2.24) is 9.80 Å². The lowest BCUT2D eigenvalue weighted by Crippen LogP contribution is -2.35. The molecule has 0 atom stereocenters. The second kappa shape index (κ2) is 7.06. The van der Waals surface area contributed by atoms with Crippen LogP contribution >= 0.6 is 0 Å². The SMILES string of the molecule is CN(C)CCN(CC(=O)O)Cc1ccc(O)c(F)c1. The zero-order valence-corrected chi connectivity index (χ0v) is 11.1. The molecule has 0 unspecified atom stereocenters. The van der Waals surface area contributed by atoms with Crippen molar-refractivity contribution in [3.8, 4) is 5.75 Å². The van der Waals surface area contributed by atoms with Crippen molar-refractivity contribution >= 4 is 5.97 Å². The molecule has 0 aliphatic rings. The monoisotopic (exact) mass is 270 g/mol. The minimum Gasteiger partial charge on any atom is -0.505 e. The Morgan fingerprint density at radius 2 is 2.00 bits per heavy atom. The maximum atomic E-state index is 13.2. The van der Waals surface area contributed by atoms with Crippen LogP contribution in [0.1, 0.15) is 5.56 Å². The first-order valence-corrected chi connectivity index (χ1v) is 5.94. The quantitative estimate of drug-likeness (QED) is 0.773. The Morgan fingerprint density at radius 3 is 2.53 bits per heavy atom. The number of carboxylic acids is 1. The van der Waals surface area contributed by atoms with Gasteiger partial charge in [0.25, 0.3) is 0 Å². The number of aliphatic carboxylic acids is 1. The van der Waals surface area contributed by atoms with Crippen molar-refractivity contribution in [3.63, 3.8) is 0 Å². The lowest BCUT2D eigenvalue weighted by Gasteiger charge is -2.22. The fourth-order valence-corrected chi connectivity index (χ4v) is 1.65. The minimum absolute atomic E-state index is 0.101. The van der Waals surface area contributed by atoms with E-state index in [9.17, 15) is 9.18 Å². The summed E-state index contributed by atoms with van der Waals surface area (Å²) < 4.78 is 13.2. The van der Waals surface area contributed by atoms with Crippen LogP contribution in [0.3, 0.4) is 0 Å². The summed E-state index contributed by atoms with van der Waals surface area (Å²) in [5, 5.41) is 18.0. The smallest absolute Gasteiger partial charge is 0.317 e. The van der Waals surface area contributed by atoms with Crippen molar-refractivity contribution < 1.29 is 19.4 Å². The molecule has 19 heavy (non-hydrogen) atoms. The molecular formula is C13H19FN2O3. The largest absolute Gasteiger partial charge is 0.505 e. The molecule has 0 bridgehead atoms. The normalized spacial score (nSPS) is 11.2. The summed E-state index contributed by atoms with van der Waals surface area (Å²) >= 11 is 0. The van der Waals surface area contributed by atoms with E-state index in [1.807, 2.05) is 19.0 Å². The van der Waals surface area contributed by atoms with Gasteiger partial charge in [0.2, 0.25) is 0 Å². The van der Waals surface area contributed by atoms with Crippen LogP contribution in [0.15, 0.2) is 18.2 Å². The predicted octanol–water partition coefficient (Wildman–Crippen LogP) is 0.980. The van der Waals surface area contributed by atoms with Crippen molar-refractivity contribution in [2.75, 3.05) is 33.7 Å². The van der Waals surface area contributed by atoms with Gasteiger partial charge < -0.3 is 15.1 Å². The molecule has 1 rings (SSSR count). The van der Waals surface area contributed by atoms with Crippen LogP contribution in [0.25, 0.3) is 0 Å². The number of hydrogen-bond acceptors (Lipinski definition) is 4. The van der Waals surface area contributed by atoms with Crippen molar-refractivity contribution in [2.24, 2.45) is 0 Å². The molecule has 6 heteroatoms. The Morgan fingerprint density at radius 1 is 1.32 bits per heavy atom. The van der Waals surface area contributed by atoms with Gasteiger partial charge in [0.05, 0.1) is 6.54 Å². The molecule has 0 saturated carbocycles. The van der Waals surface area contributed by atoms with Crippen LogP contribution in [0.5, 0.6) is 5.75 Å². The third kappa shape index (κ3) is 5.67. The van der Waals surface area contributed by atoms with E-state index in [0.29, 0.717) is 25.2 Å². The van der Waals surface area contributed by atoms with Crippen LogP contribution in [0.2, 0.25) is 0 Å². The van der Waals surface area contributed by atoms with E-state index in [1.54, 1.807) is 11.0 Å². The van der Waals surface area contributed by atoms with E-state index in [-0.39, 0.29) is 6.54 Å². The van der Waals surface area contributed by atoms with Crippen molar-refractivity contribution in [2.45, 2.75) is 6.54 Å². The highest BCUT2D eigenvalue weighted by Crippen LogP contribution is 2.17. The third-order valence-corrected chi connectivity index (χ3v) is 2.64. The number of nitrogens with zero attached hydrogens (tertiary/aromatic N) is 2. The predicted molar refractivity (Wildman–Crippen MR) is 69.5 cm³/mol. The maximum absolute atomic E-state index is 13.2. The molecule has 2 N–H and O–H groups in total. The molecule has 0 aliphatic carbocycles. The average molecular weight is 270 g/mol. The Labute approximate surface area is 111 Å². The standard InChI is InChI=1S/C13H19FN2O3/c1-15(2)5-6-16(9-13(18)19)8-10-3-4-12(17)11(14)7-10/h3-4,7,17H,5-6,8-9H2,1-2H3,(H,18,19). The first-order chi connectivity index (χ1) is 8.88. The highest BCUT2D eigenvalue weighted by molar-refractivity contribution is 5.69. The van der Waals surface area contributed by atoms with E-state index in [1.165, 1.54) is 12.1 Å². The highest BCUT2D eigenvalue weighted by atomic mass is 19.1. The zero-order valence-electron chi connectivity index (χ0n) is 11.1. The first-order valence-electron chi connectivity index (χ1n) is 5.94. The zero-order chi connectivity index (χ0) is 14.4. The van der Waals surface area contributed by atoms with Gasteiger partial charge in [-0.2, -0.15) is 0 Å².